The van der Waals surface area contributed by atoms with E-state index in [2.05, 4.69) is 15.6 Å². The highest BCUT2D eigenvalue weighted by Gasteiger charge is 2.14. The van der Waals surface area contributed by atoms with Gasteiger partial charge in [-0.3, -0.25) is 9.59 Å². The Morgan fingerprint density at radius 3 is 2.59 bits per heavy atom. The molecule has 0 saturated carbocycles. The first-order valence-corrected chi connectivity index (χ1v) is 9.34. The Morgan fingerprint density at radius 1 is 1.07 bits per heavy atom. The first-order valence-electron chi connectivity index (χ1n) is 8.46. The molecule has 29 heavy (non-hydrogen) atoms. The number of benzene rings is 2. The van der Waals surface area contributed by atoms with Crippen molar-refractivity contribution in [2.45, 2.75) is 0 Å². The predicted octanol–water partition coefficient (Wildman–Crippen LogP) is 4.20. The highest BCUT2D eigenvalue weighted by Crippen LogP contribution is 2.30. The van der Waals surface area contributed by atoms with Crippen molar-refractivity contribution in [3.05, 3.63) is 71.1 Å². The maximum absolute atomic E-state index is 13.2. The van der Waals surface area contributed by atoms with Crippen molar-refractivity contribution in [3.63, 3.8) is 0 Å². The van der Waals surface area contributed by atoms with E-state index in [1.54, 1.807) is 5.38 Å². The Morgan fingerprint density at radius 2 is 1.83 bits per heavy atom. The number of hydrogen-bond acceptors (Lipinski definition) is 5. The van der Waals surface area contributed by atoms with Crippen molar-refractivity contribution in [2.24, 2.45) is 0 Å². The summed E-state index contributed by atoms with van der Waals surface area (Å²) in [6.07, 6.45) is 0. The molecule has 0 saturated heterocycles. The van der Waals surface area contributed by atoms with E-state index in [1.807, 2.05) is 30.3 Å². The smallest absolute Gasteiger partial charge is 0.251 e. The molecule has 2 aromatic carbocycles. The van der Waals surface area contributed by atoms with Gasteiger partial charge in [-0.25, -0.2) is 13.8 Å². The molecule has 0 spiro atoms. The lowest BCUT2D eigenvalue weighted by atomic mass is 10.2. The van der Waals surface area contributed by atoms with Crippen LogP contribution in [0.1, 0.15) is 10.4 Å². The van der Waals surface area contributed by atoms with Crippen LogP contribution in [0, 0.1) is 11.6 Å². The van der Waals surface area contributed by atoms with Crippen LogP contribution in [0.25, 0.3) is 22.4 Å². The SMILES string of the molecule is O=C(CNC(=O)c1cc(F)cc(F)c1)Nc1nc(-c2cc3ccccc3o2)cs1. The third kappa shape index (κ3) is 4.30. The molecule has 9 heteroatoms. The fraction of sp³-hybridized carbons (Fsp3) is 0.0500. The van der Waals surface area contributed by atoms with Gasteiger partial charge >= 0.3 is 0 Å². The number of para-hydroxylation sites is 1. The van der Waals surface area contributed by atoms with E-state index in [9.17, 15) is 18.4 Å². The van der Waals surface area contributed by atoms with Crippen LogP contribution in [-0.4, -0.2) is 23.3 Å². The number of rotatable bonds is 5. The zero-order valence-corrected chi connectivity index (χ0v) is 15.6. The lowest BCUT2D eigenvalue weighted by molar-refractivity contribution is -0.115. The Hall–Kier alpha value is -3.59. The lowest BCUT2D eigenvalue weighted by Gasteiger charge is -2.05. The number of furan rings is 1. The van der Waals surface area contributed by atoms with Crippen LogP contribution >= 0.6 is 11.3 Å². The van der Waals surface area contributed by atoms with Gasteiger partial charge in [0.15, 0.2) is 10.9 Å². The first-order chi connectivity index (χ1) is 14.0. The van der Waals surface area contributed by atoms with E-state index < -0.39 is 23.4 Å². The molecule has 146 valence electrons. The second-order valence-corrected chi connectivity index (χ2v) is 6.93. The van der Waals surface area contributed by atoms with Gasteiger partial charge in [0.25, 0.3) is 5.91 Å². The zero-order valence-electron chi connectivity index (χ0n) is 14.7. The fourth-order valence-electron chi connectivity index (χ4n) is 2.66. The van der Waals surface area contributed by atoms with E-state index in [-0.39, 0.29) is 12.1 Å². The second-order valence-electron chi connectivity index (χ2n) is 6.08. The molecule has 0 aliphatic rings. The Bertz CT molecular complexity index is 1170. The van der Waals surface area contributed by atoms with Crippen LogP contribution in [0.5, 0.6) is 0 Å². The molecular formula is C20H13F2N3O3S. The maximum Gasteiger partial charge on any atom is 0.251 e. The van der Waals surface area contributed by atoms with Gasteiger partial charge in [-0.05, 0) is 24.3 Å². The van der Waals surface area contributed by atoms with Crippen molar-refractivity contribution < 1.29 is 22.8 Å². The molecule has 4 rings (SSSR count). The average Bonchev–Trinajstić information content (AvgIpc) is 3.31. The Kier molecular flexibility index (Phi) is 5.05. The number of amides is 2. The Labute approximate surface area is 167 Å². The van der Waals surface area contributed by atoms with Gasteiger partial charge < -0.3 is 15.1 Å². The predicted molar refractivity (Wildman–Crippen MR) is 105 cm³/mol. The summed E-state index contributed by atoms with van der Waals surface area (Å²) in [4.78, 5) is 28.3. The van der Waals surface area contributed by atoms with Crippen molar-refractivity contribution in [1.29, 1.82) is 0 Å². The second kappa shape index (κ2) is 7.80. The molecule has 4 aromatic rings. The molecule has 0 unspecified atom stereocenters. The zero-order chi connectivity index (χ0) is 20.4. The fourth-order valence-corrected chi connectivity index (χ4v) is 3.38. The van der Waals surface area contributed by atoms with Crippen LogP contribution in [0.4, 0.5) is 13.9 Å². The summed E-state index contributed by atoms with van der Waals surface area (Å²) in [6, 6.07) is 11.8. The first kappa shape index (κ1) is 18.8. The van der Waals surface area contributed by atoms with Gasteiger partial charge in [0.1, 0.15) is 22.9 Å². The highest BCUT2D eigenvalue weighted by atomic mass is 32.1. The third-order valence-corrected chi connectivity index (χ3v) is 4.72. The van der Waals surface area contributed by atoms with Crippen LogP contribution in [0.15, 0.2) is 58.3 Å². The van der Waals surface area contributed by atoms with Crippen LogP contribution < -0.4 is 10.6 Å². The van der Waals surface area contributed by atoms with E-state index in [1.165, 1.54) is 11.3 Å². The molecule has 2 amide bonds. The number of nitrogens with zero attached hydrogens (tertiary/aromatic N) is 1. The largest absolute Gasteiger partial charge is 0.454 e. The summed E-state index contributed by atoms with van der Waals surface area (Å²) in [5.41, 5.74) is 1.09. The Balaban J connectivity index is 1.37. The van der Waals surface area contributed by atoms with Gasteiger partial charge in [-0.1, -0.05) is 18.2 Å². The summed E-state index contributed by atoms with van der Waals surface area (Å²) in [5, 5.41) is 7.87. The summed E-state index contributed by atoms with van der Waals surface area (Å²) in [7, 11) is 0. The van der Waals surface area contributed by atoms with Gasteiger partial charge in [0, 0.05) is 22.4 Å². The third-order valence-electron chi connectivity index (χ3n) is 3.96. The molecule has 2 N–H and O–H groups in total. The van der Waals surface area contributed by atoms with Gasteiger partial charge in [0.2, 0.25) is 5.91 Å². The van der Waals surface area contributed by atoms with Crippen LogP contribution in [0.3, 0.4) is 0 Å². The highest BCUT2D eigenvalue weighted by molar-refractivity contribution is 7.14. The topological polar surface area (TPSA) is 84.2 Å². The number of halogens is 2. The summed E-state index contributed by atoms with van der Waals surface area (Å²) >= 11 is 1.20. The van der Waals surface area contributed by atoms with E-state index in [4.69, 9.17) is 4.42 Å². The number of carbonyl (C=O) groups excluding carboxylic acids is 2. The van der Waals surface area contributed by atoms with Gasteiger partial charge in [-0.2, -0.15) is 0 Å². The average molecular weight is 413 g/mol. The normalized spacial score (nSPS) is 10.8. The van der Waals surface area contributed by atoms with Gasteiger partial charge in [-0.15, -0.1) is 11.3 Å². The molecule has 0 radical (unpaired) electrons. The van der Waals surface area contributed by atoms with Crippen molar-refractivity contribution >= 4 is 39.3 Å². The number of nitrogens with one attached hydrogen (secondary N) is 2. The number of thiazole rings is 1. The van der Waals surface area contributed by atoms with Crippen molar-refractivity contribution in [1.82, 2.24) is 10.3 Å². The monoisotopic (exact) mass is 413 g/mol. The minimum Gasteiger partial charge on any atom is -0.454 e. The number of anilines is 1. The number of hydrogen-bond donors (Lipinski definition) is 2. The molecule has 0 bridgehead atoms. The van der Waals surface area contributed by atoms with Gasteiger partial charge in [0.05, 0.1) is 6.54 Å². The molecular weight excluding hydrogens is 400 g/mol. The van der Waals surface area contributed by atoms with Crippen molar-refractivity contribution in [2.75, 3.05) is 11.9 Å². The van der Waals surface area contributed by atoms with Crippen LogP contribution in [0.2, 0.25) is 0 Å². The quantitative estimate of drug-likeness (QED) is 0.514. The molecule has 0 atom stereocenters. The summed E-state index contributed by atoms with van der Waals surface area (Å²) in [5.74, 6) is -2.47. The summed E-state index contributed by atoms with van der Waals surface area (Å²) < 4.78 is 32.1. The minimum absolute atomic E-state index is 0.211. The molecule has 0 aliphatic heterocycles. The van der Waals surface area contributed by atoms with E-state index in [0.29, 0.717) is 22.7 Å². The number of carbonyl (C=O) groups is 2. The molecule has 2 heterocycles. The lowest BCUT2D eigenvalue weighted by Crippen LogP contribution is -2.32. The molecule has 6 nitrogen and oxygen atoms in total. The summed E-state index contributed by atoms with van der Waals surface area (Å²) in [6.45, 7) is -0.378. The molecule has 2 aromatic heterocycles. The standard InChI is InChI=1S/C20H13F2N3O3S/c21-13-5-12(6-14(22)8-13)19(27)23-9-18(26)25-20-24-15(10-29-20)17-7-11-3-1-2-4-16(11)28-17/h1-8,10H,9H2,(H,23,27)(H,24,25,26). The van der Waals surface area contributed by atoms with Crippen LogP contribution in [-0.2, 0) is 4.79 Å². The number of aromatic nitrogens is 1. The van der Waals surface area contributed by atoms with Crippen molar-refractivity contribution in [3.8, 4) is 11.5 Å². The number of fused-ring (bicyclic) bond motifs is 1. The maximum atomic E-state index is 13.2. The minimum atomic E-state index is -0.875. The van der Waals surface area contributed by atoms with E-state index >= 15 is 0 Å². The molecule has 0 fully saturated rings. The molecule has 0 aliphatic carbocycles. The van der Waals surface area contributed by atoms with E-state index in [0.717, 1.165) is 23.1 Å².